The Balaban J connectivity index is 2.18. The Morgan fingerprint density at radius 1 is 1.20 bits per heavy atom. The predicted molar refractivity (Wildman–Crippen MR) is 63.1 cm³/mol. The van der Waals surface area contributed by atoms with Gasteiger partial charge in [0.15, 0.2) is 5.82 Å². The minimum absolute atomic E-state index is 0.783. The molecule has 2 N–H and O–H groups in total. The third kappa shape index (κ3) is 2.21. The first kappa shape index (κ1) is 10.2. The summed E-state index contributed by atoms with van der Waals surface area (Å²) in [6, 6.07) is 3.89. The van der Waals surface area contributed by atoms with E-state index in [1.165, 1.54) is 0 Å². The van der Waals surface area contributed by atoms with E-state index in [0.717, 1.165) is 43.4 Å². The number of likely N-dealkylation sites (N-methyl/N-ethyl adjacent to an activating group) is 1. The summed E-state index contributed by atoms with van der Waals surface area (Å²) < 4.78 is 0. The van der Waals surface area contributed by atoms with E-state index in [1.807, 2.05) is 19.1 Å². The zero-order valence-corrected chi connectivity index (χ0v) is 9.40. The van der Waals surface area contributed by atoms with E-state index < -0.39 is 0 Å². The number of rotatable bonds is 1. The molecule has 0 saturated carbocycles. The smallest absolute Gasteiger partial charge is 0.152 e. The first-order valence-electron chi connectivity index (χ1n) is 5.33. The normalized spacial score (nSPS) is 18.1. The molecule has 82 valence electrons. The number of nitrogen functional groups attached to an aromatic ring is 1. The Bertz CT molecular complexity index is 342. The van der Waals surface area contributed by atoms with Gasteiger partial charge in [0.2, 0.25) is 0 Å². The second-order valence-electron chi connectivity index (χ2n) is 4.16. The van der Waals surface area contributed by atoms with Gasteiger partial charge in [-0.25, -0.2) is 4.98 Å². The summed E-state index contributed by atoms with van der Waals surface area (Å²) in [4.78, 5) is 9.09. The highest BCUT2D eigenvalue weighted by atomic mass is 15.3. The van der Waals surface area contributed by atoms with Gasteiger partial charge in [-0.2, -0.15) is 0 Å². The highest BCUT2D eigenvalue weighted by Gasteiger charge is 2.17. The number of aromatic nitrogens is 1. The number of nitrogens with two attached hydrogens (primary N) is 1. The highest BCUT2D eigenvalue weighted by molar-refractivity contribution is 5.63. The van der Waals surface area contributed by atoms with Gasteiger partial charge in [-0.05, 0) is 26.1 Å². The number of aryl methyl sites for hydroxylation is 1. The van der Waals surface area contributed by atoms with Crippen LogP contribution in [0.5, 0.6) is 0 Å². The Hall–Kier alpha value is -1.29. The molecule has 4 nitrogen and oxygen atoms in total. The summed E-state index contributed by atoms with van der Waals surface area (Å²) in [5.41, 5.74) is 7.75. The van der Waals surface area contributed by atoms with Crippen molar-refractivity contribution >= 4 is 11.5 Å². The molecule has 0 amide bonds. The zero-order valence-electron chi connectivity index (χ0n) is 9.40. The van der Waals surface area contributed by atoms with E-state index in [2.05, 4.69) is 21.8 Å². The van der Waals surface area contributed by atoms with Crippen molar-refractivity contribution in [1.29, 1.82) is 0 Å². The van der Waals surface area contributed by atoms with Crippen LogP contribution in [0.2, 0.25) is 0 Å². The summed E-state index contributed by atoms with van der Waals surface area (Å²) in [7, 11) is 2.14. The topological polar surface area (TPSA) is 45.4 Å². The zero-order chi connectivity index (χ0) is 10.8. The van der Waals surface area contributed by atoms with E-state index in [-0.39, 0.29) is 0 Å². The average molecular weight is 206 g/mol. The lowest BCUT2D eigenvalue weighted by molar-refractivity contribution is 0.312. The van der Waals surface area contributed by atoms with Gasteiger partial charge < -0.3 is 15.5 Å². The van der Waals surface area contributed by atoms with Crippen molar-refractivity contribution < 1.29 is 0 Å². The molecule has 15 heavy (non-hydrogen) atoms. The van der Waals surface area contributed by atoms with Crippen LogP contribution in [0.3, 0.4) is 0 Å². The Kier molecular flexibility index (Phi) is 2.77. The minimum Gasteiger partial charge on any atom is -0.396 e. The van der Waals surface area contributed by atoms with Gasteiger partial charge in [0.1, 0.15) is 0 Å². The number of pyridine rings is 1. The second kappa shape index (κ2) is 4.06. The van der Waals surface area contributed by atoms with Crippen molar-refractivity contribution in [3.05, 3.63) is 17.8 Å². The number of piperazine rings is 1. The van der Waals surface area contributed by atoms with Crippen molar-refractivity contribution in [2.75, 3.05) is 43.9 Å². The van der Waals surface area contributed by atoms with Crippen molar-refractivity contribution in [3.63, 3.8) is 0 Å². The lowest BCUT2D eigenvalue weighted by Crippen LogP contribution is -2.45. The van der Waals surface area contributed by atoms with Gasteiger partial charge in [-0.3, -0.25) is 0 Å². The lowest BCUT2D eigenvalue weighted by atomic mass is 10.2. The molecule has 1 aromatic rings. The maximum atomic E-state index is 5.94. The van der Waals surface area contributed by atoms with E-state index in [4.69, 9.17) is 5.73 Å². The molecule has 1 fully saturated rings. The van der Waals surface area contributed by atoms with Gasteiger partial charge >= 0.3 is 0 Å². The van der Waals surface area contributed by atoms with Crippen LogP contribution in [-0.4, -0.2) is 43.1 Å². The number of hydrogen-bond donors (Lipinski definition) is 1. The molecule has 1 aliphatic rings. The first-order chi connectivity index (χ1) is 7.16. The Morgan fingerprint density at radius 3 is 2.53 bits per heavy atom. The summed E-state index contributed by atoms with van der Waals surface area (Å²) in [5.74, 6) is 0.947. The molecule has 0 unspecified atom stereocenters. The number of anilines is 2. The van der Waals surface area contributed by atoms with Gasteiger partial charge in [0.25, 0.3) is 0 Å². The standard InChI is InChI=1S/C11H18N4/c1-9-3-4-10(12)11(13-9)15-7-5-14(2)6-8-15/h3-4H,5-8,12H2,1-2H3. The van der Waals surface area contributed by atoms with Crippen LogP contribution < -0.4 is 10.6 Å². The van der Waals surface area contributed by atoms with Crippen LogP contribution in [0.25, 0.3) is 0 Å². The maximum absolute atomic E-state index is 5.94. The van der Waals surface area contributed by atoms with E-state index in [9.17, 15) is 0 Å². The van der Waals surface area contributed by atoms with Crippen LogP contribution in [0.1, 0.15) is 5.69 Å². The van der Waals surface area contributed by atoms with Gasteiger partial charge in [-0.1, -0.05) is 0 Å². The van der Waals surface area contributed by atoms with Crippen LogP contribution >= 0.6 is 0 Å². The van der Waals surface area contributed by atoms with E-state index >= 15 is 0 Å². The molecule has 0 bridgehead atoms. The average Bonchev–Trinajstić information content (AvgIpc) is 2.23. The van der Waals surface area contributed by atoms with Crippen LogP contribution in [-0.2, 0) is 0 Å². The monoisotopic (exact) mass is 206 g/mol. The summed E-state index contributed by atoms with van der Waals surface area (Å²) in [5, 5.41) is 0. The van der Waals surface area contributed by atoms with Crippen LogP contribution in [0.15, 0.2) is 12.1 Å². The van der Waals surface area contributed by atoms with Crippen molar-refractivity contribution in [3.8, 4) is 0 Å². The number of nitrogens with zero attached hydrogens (tertiary/aromatic N) is 3. The molecule has 2 rings (SSSR count). The fraction of sp³-hybridized carbons (Fsp3) is 0.545. The molecule has 0 atom stereocenters. The third-order valence-corrected chi connectivity index (χ3v) is 2.85. The fourth-order valence-electron chi connectivity index (χ4n) is 1.83. The second-order valence-corrected chi connectivity index (χ2v) is 4.16. The first-order valence-corrected chi connectivity index (χ1v) is 5.33. The molecule has 1 aromatic heterocycles. The molecule has 1 saturated heterocycles. The third-order valence-electron chi connectivity index (χ3n) is 2.85. The molecular formula is C11H18N4. The van der Waals surface area contributed by atoms with Gasteiger partial charge in [0.05, 0.1) is 5.69 Å². The van der Waals surface area contributed by atoms with E-state index in [0.29, 0.717) is 0 Å². The molecule has 0 radical (unpaired) electrons. The van der Waals surface area contributed by atoms with E-state index in [1.54, 1.807) is 0 Å². The summed E-state index contributed by atoms with van der Waals surface area (Å²) in [6.07, 6.45) is 0. The predicted octanol–water partition coefficient (Wildman–Crippen LogP) is 0.724. The molecule has 4 heteroatoms. The quantitative estimate of drug-likeness (QED) is 0.735. The molecular weight excluding hydrogens is 188 g/mol. The highest BCUT2D eigenvalue weighted by Crippen LogP contribution is 2.21. The van der Waals surface area contributed by atoms with Crippen LogP contribution in [0, 0.1) is 6.92 Å². The SMILES string of the molecule is Cc1ccc(N)c(N2CCN(C)CC2)n1. The lowest BCUT2D eigenvalue weighted by Gasteiger charge is -2.33. The minimum atomic E-state index is 0.783. The summed E-state index contributed by atoms with van der Waals surface area (Å²) in [6.45, 7) is 6.18. The van der Waals surface area contributed by atoms with Crippen molar-refractivity contribution in [1.82, 2.24) is 9.88 Å². The maximum Gasteiger partial charge on any atom is 0.152 e. The molecule has 0 aliphatic carbocycles. The largest absolute Gasteiger partial charge is 0.396 e. The Labute approximate surface area is 90.7 Å². The van der Waals surface area contributed by atoms with Crippen molar-refractivity contribution in [2.45, 2.75) is 6.92 Å². The molecule has 0 aromatic carbocycles. The fourth-order valence-corrected chi connectivity index (χ4v) is 1.83. The summed E-state index contributed by atoms with van der Waals surface area (Å²) >= 11 is 0. The molecule has 1 aliphatic heterocycles. The van der Waals surface area contributed by atoms with Gasteiger partial charge in [-0.15, -0.1) is 0 Å². The van der Waals surface area contributed by atoms with Gasteiger partial charge in [0, 0.05) is 31.9 Å². The van der Waals surface area contributed by atoms with Crippen molar-refractivity contribution in [2.24, 2.45) is 0 Å². The number of hydrogen-bond acceptors (Lipinski definition) is 4. The molecule has 2 heterocycles. The Morgan fingerprint density at radius 2 is 1.87 bits per heavy atom. The van der Waals surface area contributed by atoms with Crippen LogP contribution in [0.4, 0.5) is 11.5 Å². The molecule has 0 spiro atoms.